The van der Waals surface area contributed by atoms with Crippen LogP contribution in [0.5, 0.6) is 5.88 Å². The highest BCUT2D eigenvalue weighted by Gasteiger charge is 2.17. The van der Waals surface area contributed by atoms with Crippen LogP contribution in [0.15, 0.2) is 65.7 Å². The number of amides is 1. The molecule has 10 heteroatoms. The maximum Gasteiger partial charge on any atom is 0.261 e. The van der Waals surface area contributed by atoms with Crippen molar-refractivity contribution in [1.29, 1.82) is 0 Å². The van der Waals surface area contributed by atoms with Gasteiger partial charge < -0.3 is 14.8 Å². The molecule has 0 bridgehead atoms. The third-order valence-electron chi connectivity index (χ3n) is 4.38. The molecule has 0 saturated carbocycles. The molecule has 8 nitrogen and oxygen atoms in total. The summed E-state index contributed by atoms with van der Waals surface area (Å²) in [6, 6.07) is 12.8. The molecular formula is C22H22FN3O5S. The van der Waals surface area contributed by atoms with Crippen LogP contribution in [0.1, 0.15) is 15.9 Å². The molecule has 0 radical (unpaired) electrons. The first-order chi connectivity index (χ1) is 15.3. The third kappa shape index (κ3) is 5.80. The number of aryl methyl sites for hydroxylation is 1. The van der Waals surface area contributed by atoms with E-state index in [0.29, 0.717) is 17.9 Å². The fraction of sp³-hybridized carbons (Fsp3) is 0.182. The molecule has 0 unspecified atom stereocenters. The van der Waals surface area contributed by atoms with E-state index in [1.807, 2.05) is 0 Å². The summed E-state index contributed by atoms with van der Waals surface area (Å²) in [4.78, 5) is 16.6. The first kappa shape index (κ1) is 23.2. The lowest BCUT2D eigenvalue weighted by atomic mass is 10.2. The molecule has 1 amide bonds. The lowest BCUT2D eigenvalue weighted by Gasteiger charge is -2.12. The highest BCUT2D eigenvalue weighted by Crippen LogP contribution is 2.23. The summed E-state index contributed by atoms with van der Waals surface area (Å²) >= 11 is 0. The van der Waals surface area contributed by atoms with Crippen molar-refractivity contribution in [1.82, 2.24) is 4.98 Å². The molecule has 168 valence electrons. The van der Waals surface area contributed by atoms with Crippen LogP contribution in [-0.4, -0.2) is 39.6 Å². The summed E-state index contributed by atoms with van der Waals surface area (Å²) in [5.41, 5.74) is 1.05. The second kappa shape index (κ2) is 10.2. The minimum absolute atomic E-state index is 0.154. The van der Waals surface area contributed by atoms with Crippen LogP contribution < -0.4 is 14.8 Å². The van der Waals surface area contributed by atoms with E-state index < -0.39 is 21.7 Å². The monoisotopic (exact) mass is 459 g/mol. The Kier molecular flexibility index (Phi) is 7.39. The molecule has 0 atom stereocenters. The molecule has 3 rings (SSSR count). The van der Waals surface area contributed by atoms with Crippen LogP contribution in [0.4, 0.5) is 15.8 Å². The smallest absolute Gasteiger partial charge is 0.261 e. The lowest BCUT2D eigenvalue weighted by Crippen LogP contribution is -2.16. The number of nitrogens with zero attached hydrogens (tertiary/aromatic N) is 1. The molecule has 0 saturated heterocycles. The van der Waals surface area contributed by atoms with E-state index in [2.05, 4.69) is 15.0 Å². The van der Waals surface area contributed by atoms with Crippen LogP contribution >= 0.6 is 0 Å². The van der Waals surface area contributed by atoms with E-state index in [-0.39, 0.29) is 28.6 Å². The molecule has 0 aliphatic heterocycles. The first-order valence-electron chi connectivity index (χ1n) is 9.57. The van der Waals surface area contributed by atoms with Crippen molar-refractivity contribution in [2.24, 2.45) is 0 Å². The zero-order valence-corrected chi connectivity index (χ0v) is 18.3. The molecule has 2 aromatic carbocycles. The van der Waals surface area contributed by atoms with E-state index in [1.54, 1.807) is 19.2 Å². The predicted octanol–water partition coefficient (Wildman–Crippen LogP) is 3.61. The quantitative estimate of drug-likeness (QED) is 0.474. The Balaban J connectivity index is 1.76. The van der Waals surface area contributed by atoms with Crippen LogP contribution in [0.25, 0.3) is 0 Å². The fourth-order valence-corrected chi connectivity index (χ4v) is 3.76. The number of pyridine rings is 1. The summed E-state index contributed by atoms with van der Waals surface area (Å²) in [6.07, 6.45) is 1.53. The number of hydrogen-bond acceptors (Lipinski definition) is 6. The number of ether oxygens (including phenoxy) is 2. The molecule has 0 aliphatic rings. The standard InChI is InChI=1S/C22H22FN3O5S/c1-15-8-9-18(14-19(15)23)32(28,29)26-17-6-3-5-16(13-17)21(27)25-20-7-4-10-24-22(20)31-12-11-30-2/h3-10,13-14,26H,11-12H2,1-2H3,(H,25,27). The van der Waals surface area contributed by atoms with Crippen LogP contribution in [0.3, 0.4) is 0 Å². The van der Waals surface area contributed by atoms with Crippen molar-refractivity contribution in [3.05, 3.63) is 77.7 Å². The minimum atomic E-state index is -4.04. The summed E-state index contributed by atoms with van der Waals surface area (Å²) in [5, 5.41) is 2.70. The van der Waals surface area contributed by atoms with E-state index in [0.717, 1.165) is 6.07 Å². The van der Waals surface area contributed by atoms with Crippen molar-refractivity contribution in [3.8, 4) is 5.88 Å². The second-order valence-corrected chi connectivity index (χ2v) is 8.43. The normalized spacial score (nSPS) is 11.1. The molecule has 0 fully saturated rings. The maximum absolute atomic E-state index is 13.8. The topological polar surface area (TPSA) is 107 Å². The Bertz CT molecular complexity index is 1220. The van der Waals surface area contributed by atoms with Crippen molar-refractivity contribution in [2.45, 2.75) is 11.8 Å². The van der Waals surface area contributed by atoms with Crippen molar-refractivity contribution >= 4 is 27.3 Å². The molecule has 0 spiro atoms. The number of nitrogens with one attached hydrogen (secondary N) is 2. The summed E-state index contributed by atoms with van der Waals surface area (Å²) < 4.78 is 51.8. The summed E-state index contributed by atoms with van der Waals surface area (Å²) in [7, 11) is -2.49. The predicted molar refractivity (Wildman–Crippen MR) is 118 cm³/mol. The van der Waals surface area contributed by atoms with Gasteiger partial charge in [0.05, 0.1) is 11.5 Å². The van der Waals surface area contributed by atoms with E-state index in [9.17, 15) is 17.6 Å². The van der Waals surface area contributed by atoms with Gasteiger partial charge in [-0.15, -0.1) is 0 Å². The highest BCUT2D eigenvalue weighted by molar-refractivity contribution is 7.92. The fourth-order valence-electron chi connectivity index (χ4n) is 2.70. The molecule has 0 aliphatic carbocycles. The summed E-state index contributed by atoms with van der Waals surface area (Å²) in [6.45, 7) is 2.15. The van der Waals surface area contributed by atoms with Gasteiger partial charge in [-0.25, -0.2) is 17.8 Å². The Hall–Kier alpha value is -3.50. The van der Waals surface area contributed by atoms with Crippen molar-refractivity contribution < 1.29 is 27.1 Å². The number of halogens is 1. The van der Waals surface area contributed by atoms with Crippen molar-refractivity contribution in [2.75, 3.05) is 30.4 Å². The number of hydrogen-bond donors (Lipinski definition) is 2. The number of sulfonamides is 1. The van der Waals surface area contributed by atoms with Crippen molar-refractivity contribution in [3.63, 3.8) is 0 Å². The van der Waals surface area contributed by atoms with Gasteiger partial charge in [-0.2, -0.15) is 0 Å². The number of benzene rings is 2. The summed E-state index contributed by atoms with van der Waals surface area (Å²) in [5.74, 6) is -0.880. The van der Waals surface area contributed by atoms with Gasteiger partial charge in [0.25, 0.3) is 15.9 Å². The van der Waals surface area contributed by atoms with Gasteiger partial charge in [0.1, 0.15) is 18.1 Å². The average Bonchev–Trinajstić information content (AvgIpc) is 2.76. The third-order valence-corrected chi connectivity index (χ3v) is 5.76. The average molecular weight is 459 g/mol. The number of carbonyl (C=O) groups excluding carboxylic acids is 1. The van der Waals surface area contributed by atoms with Gasteiger partial charge in [-0.05, 0) is 55.0 Å². The molecule has 2 N–H and O–H groups in total. The van der Waals surface area contributed by atoms with Gasteiger partial charge in [0.2, 0.25) is 5.88 Å². The Morgan fingerprint density at radius 1 is 1.09 bits per heavy atom. The molecule has 3 aromatic rings. The maximum atomic E-state index is 13.8. The Morgan fingerprint density at radius 2 is 1.91 bits per heavy atom. The first-order valence-corrected chi connectivity index (χ1v) is 11.1. The zero-order valence-electron chi connectivity index (χ0n) is 17.5. The van der Waals surface area contributed by atoms with E-state index in [4.69, 9.17) is 9.47 Å². The van der Waals surface area contributed by atoms with Gasteiger partial charge in [0.15, 0.2) is 0 Å². The van der Waals surface area contributed by atoms with Crippen LogP contribution in [0.2, 0.25) is 0 Å². The van der Waals surface area contributed by atoms with E-state index in [1.165, 1.54) is 49.5 Å². The Labute approximate surface area is 185 Å². The molecule has 32 heavy (non-hydrogen) atoms. The number of carbonyl (C=O) groups is 1. The Morgan fingerprint density at radius 3 is 2.66 bits per heavy atom. The number of rotatable bonds is 9. The van der Waals surface area contributed by atoms with Gasteiger partial charge in [-0.3, -0.25) is 9.52 Å². The minimum Gasteiger partial charge on any atom is -0.474 e. The molecule has 1 heterocycles. The zero-order chi connectivity index (χ0) is 23.1. The SMILES string of the molecule is COCCOc1ncccc1NC(=O)c1cccc(NS(=O)(=O)c2ccc(C)c(F)c2)c1. The van der Waals surface area contributed by atoms with Crippen LogP contribution in [-0.2, 0) is 14.8 Å². The molecular weight excluding hydrogens is 437 g/mol. The highest BCUT2D eigenvalue weighted by atomic mass is 32.2. The number of methoxy groups -OCH3 is 1. The van der Waals surface area contributed by atoms with Crippen LogP contribution in [0, 0.1) is 12.7 Å². The number of anilines is 2. The van der Waals surface area contributed by atoms with E-state index >= 15 is 0 Å². The van der Waals surface area contributed by atoms with Gasteiger partial charge >= 0.3 is 0 Å². The molecule has 1 aromatic heterocycles. The van der Waals surface area contributed by atoms with Gasteiger partial charge in [0, 0.05) is 24.6 Å². The largest absolute Gasteiger partial charge is 0.474 e. The lowest BCUT2D eigenvalue weighted by molar-refractivity contribution is 0.102. The van der Waals surface area contributed by atoms with Gasteiger partial charge in [-0.1, -0.05) is 12.1 Å². The number of aromatic nitrogens is 1. The second-order valence-electron chi connectivity index (χ2n) is 6.75.